The maximum Gasteiger partial charge on any atom is 0.227 e. The van der Waals surface area contributed by atoms with Gasteiger partial charge < -0.3 is 5.32 Å². The van der Waals surface area contributed by atoms with E-state index in [1.54, 1.807) is 0 Å². The fraction of sp³-hybridized carbons (Fsp3) is 0.357. The molecule has 2 nitrogen and oxygen atoms in total. The summed E-state index contributed by atoms with van der Waals surface area (Å²) in [5.41, 5.74) is 1.74. The highest BCUT2D eigenvalue weighted by Gasteiger charge is 2.19. The minimum Gasteiger partial charge on any atom is -0.326 e. The van der Waals surface area contributed by atoms with Gasteiger partial charge in [0.2, 0.25) is 5.91 Å². The molecule has 0 aliphatic heterocycles. The maximum atomic E-state index is 12.0. The molecule has 0 bridgehead atoms. The minimum absolute atomic E-state index is 0.0957. The Morgan fingerprint density at radius 2 is 2.24 bits per heavy atom. The quantitative estimate of drug-likeness (QED) is 0.791. The number of hydrogen-bond acceptors (Lipinski definition) is 1. The van der Waals surface area contributed by atoms with Crippen LogP contribution < -0.4 is 5.32 Å². The van der Waals surface area contributed by atoms with Gasteiger partial charge in [0.1, 0.15) is 0 Å². The van der Waals surface area contributed by atoms with Crippen LogP contribution in [0.5, 0.6) is 0 Å². The molecule has 1 N–H and O–H groups in total. The third-order valence-corrected chi connectivity index (χ3v) is 3.57. The smallest absolute Gasteiger partial charge is 0.227 e. The van der Waals surface area contributed by atoms with Crippen molar-refractivity contribution in [3.63, 3.8) is 0 Å². The Hall–Kier alpha value is -1.28. The van der Waals surface area contributed by atoms with Crippen LogP contribution in [-0.2, 0) is 4.79 Å². The molecule has 3 heteroatoms. The van der Waals surface area contributed by atoms with E-state index in [0.717, 1.165) is 30.5 Å². The van der Waals surface area contributed by atoms with Gasteiger partial charge in [-0.05, 0) is 43.9 Å². The summed E-state index contributed by atoms with van der Waals surface area (Å²) < 4.78 is 0. The molecule has 0 heterocycles. The number of carbonyl (C=O) groups is 1. The third-order valence-electron chi connectivity index (χ3n) is 3.17. The van der Waals surface area contributed by atoms with Crippen molar-refractivity contribution in [1.29, 1.82) is 0 Å². The lowest BCUT2D eigenvalue weighted by Crippen LogP contribution is -2.23. The van der Waals surface area contributed by atoms with Gasteiger partial charge in [0, 0.05) is 16.6 Å². The summed E-state index contributed by atoms with van der Waals surface area (Å²) >= 11 is 6.02. The van der Waals surface area contributed by atoms with Gasteiger partial charge in [-0.25, -0.2) is 0 Å². The van der Waals surface area contributed by atoms with Gasteiger partial charge in [-0.2, -0.15) is 0 Å². The normalized spacial score (nSPS) is 19.1. The van der Waals surface area contributed by atoms with E-state index in [9.17, 15) is 4.79 Å². The fourth-order valence-corrected chi connectivity index (χ4v) is 2.18. The van der Waals surface area contributed by atoms with Gasteiger partial charge in [0.05, 0.1) is 0 Å². The van der Waals surface area contributed by atoms with Gasteiger partial charge in [-0.1, -0.05) is 29.8 Å². The molecule has 0 radical (unpaired) electrons. The Labute approximate surface area is 107 Å². The molecule has 0 saturated carbocycles. The molecule has 0 aromatic heterocycles. The first-order valence-corrected chi connectivity index (χ1v) is 6.27. The van der Waals surface area contributed by atoms with E-state index in [0.29, 0.717) is 5.02 Å². The summed E-state index contributed by atoms with van der Waals surface area (Å²) in [5.74, 6) is 0.193. The summed E-state index contributed by atoms with van der Waals surface area (Å²) in [6.45, 7) is 1.92. The van der Waals surface area contributed by atoms with Gasteiger partial charge in [0.15, 0.2) is 0 Å². The molecule has 1 amide bonds. The van der Waals surface area contributed by atoms with Gasteiger partial charge in [-0.3, -0.25) is 4.79 Å². The van der Waals surface area contributed by atoms with Gasteiger partial charge in [0.25, 0.3) is 0 Å². The highest BCUT2D eigenvalue weighted by atomic mass is 35.5. The summed E-state index contributed by atoms with van der Waals surface area (Å²) in [6, 6.07) is 5.57. The summed E-state index contributed by atoms with van der Waals surface area (Å²) in [5, 5.41) is 3.65. The molecule has 0 unspecified atom stereocenters. The lowest BCUT2D eigenvalue weighted by molar-refractivity contribution is -0.120. The predicted molar refractivity (Wildman–Crippen MR) is 71.3 cm³/mol. The average Bonchev–Trinajstić information content (AvgIpc) is 2.36. The van der Waals surface area contributed by atoms with E-state index in [1.165, 1.54) is 0 Å². The first-order valence-electron chi connectivity index (χ1n) is 5.89. The van der Waals surface area contributed by atoms with Crippen LogP contribution in [0.3, 0.4) is 0 Å². The zero-order chi connectivity index (χ0) is 12.3. The number of benzene rings is 1. The van der Waals surface area contributed by atoms with Crippen LogP contribution >= 0.6 is 11.6 Å². The van der Waals surface area contributed by atoms with Crippen molar-refractivity contribution in [1.82, 2.24) is 0 Å². The molecule has 1 aliphatic carbocycles. The van der Waals surface area contributed by atoms with Gasteiger partial charge >= 0.3 is 0 Å². The third kappa shape index (κ3) is 2.89. The zero-order valence-electron chi connectivity index (χ0n) is 9.87. The van der Waals surface area contributed by atoms with Gasteiger partial charge in [-0.15, -0.1) is 0 Å². The van der Waals surface area contributed by atoms with E-state index in [2.05, 4.69) is 17.5 Å². The van der Waals surface area contributed by atoms with Crippen LogP contribution in [0, 0.1) is 12.8 Å². The molecule has 1 aromatic carbocycles. The first-order chi connectivity index (χ1) is 8.18. The van der Waals surface area contributed by atoms with Crippen molar-refractivity contribution in [3.05, 3.63) is 40.9 Å². The molecule has 0 spiro atoms. The Morgan fingerprint density at radius 3 is 2.94 bits per heavy atom. The number of amides is 1. The molecule has 1 aliphatic rings. The second kappa shape index (κ2) is 5.37. The SMILES string of the molecule is Cc1c(Cl)cccc1NC(=O)[C@@H]1CC=CCC1. The second-order valence-corrected chi connectivity index (χ2v) is 4.79. The molecule has 1 aromatic rings. The Morgan fingerprint density at radius 1 is 1.41 bits per heavy atom. The van der Waals surface area contributed by atoms with Crippen LogP contribution in [0.4, 0.5) is 5.69 Å². The second-order valence-electron chi connectivity index (χ2n) is 4.38. The van der Waals surface area contributed by atoms with E-state index < -0.39 is 0 Å². The standard InChI is InChI=1S/C14H16ClNO/c1-10-12(15)8-5-9-13(10)16-14(17)11-6-3-2-4-7-11/h2-3,5,8-9,11H,4,6-7H2,1H3,(H,16,17)/t11-/m1/s1. The average molecular weight is 250 g/mol. The predicted octanol–water partition coefficient (Wildman–Crippen LogP) is 3.94. The fourth-order valence-electron chi connectivity index (χ4n) is 2.01. The molecule has 0 fully saturated rings. The topological polar surface area (TPSA) is 29.1 Å². The molecule has 1 atom stereocenters. The number of rotatable bonds is 2. The molecule has 2 rings (SSSR count). The Kier molecular flexibility index (Phi) is 3.85. The highest BCUT2D eigenvalue weighted by Crippen LogP contribution is 2.25. The highest BCUT2D eigenvalue weighted by molar-refractivity contribution is 6.31. The maximum absolute atomic E-state index is 12.0. The number of hydrogen-bond donors (Lipinski definition) is 1. The van der Waals surface area contributed by atoms with Crippen molar-refractivity contribution in [2.45, 2.75) is 26.2 Å². The van der Waals surface area contributed by atoms with E-state index in [-0.39, 0.29) is 11.8 Å². The number of halogens is 1. The Balaban J connectivity index is 2.07. The summed E-state index contributed by atoms with van der Waals surface area (Å²) in [6.07, 6.45) is 6.98. The number of nitrogens with one attached hydrogen (secondary N) is 1. The van der Waals surface area contributed by atoms with Crippen LogP contribution in [0.2, 0.25) is 5.02 Å². The molecule has 17 heavy (non-hydrogen) atoms. The lowest BCUT2D eigenvalue weighted by Gasteiger charge is -2.18. The Bertz CT molecular complexity index is 454. The molecule has 90 valence electrons. The first kappa shape index (κ1) is 12.2. The molecular formula is C14H16ClNO. The summed E-state index contributed by atoms with van der Waals surface area (Å²) in [7, 11) is 0. The zero-order valence-corrected chi connectivity index (χ0v) is 10.6. The van der Waals surface area contributed by atoms with Crippen LogP contribution in [-0.4, -0.2) is 5.91 Å². The number of carbonyl (C=O) groups excluding carboxylic acids is 1. The van der Waals surface area contributed by atoms with E-state index in [4.69, 9.17) is 11.6 Å². The van der Waals surface area contributed by atoms with E-state index >= 15 is 0 Å². The van der Waals surface area contributed by atoms with Crippen molar-refractivity contribution in [2.75, 3.05) is 5.32 Å². The lowest BCUT2D eigenvalue weighted by atomic mass is 9.93. The van der Waals surface area contributed by atoms with E-state index in [1.807, 2.05) is 25.1 Å². The molecule has 0 saturated heterocycles. The van der Waals surface area contributed by atoms with Crippen molar-refractivity contribution < 1.29 is 4.79 Å². The summed E-state index contributed by atoms with van der Waals surface area (Å²) in [4.78, 5) is 12.0. The number of anilines is 1. The van der Waals surface area contributed by atoms with Crippen molar-refractivity contribution in [2.24, 2.45) is 5.92 Å². The largest absolute Gasteiger partial charge is 0.326 e. The van der Waals surface area contributed by atoms with Crippen LogP contribution in [0.15, 0.2) is 30.4 Å². The van der Waals surface area contributed by atoms with Crippen LogP contribution in [0.1, 0.15) is 24.8 Å². The van der Waals surface area contributed by atoms with Crippen molar-refractivity contribution in [3.8, 4) is 0 Å². The van der Waals surface area contributed by atoms with Crippen LogP contribution in [0.25, 0.3) is 0 Å². The molecular weight excluding hydrogens is 234 g/mol. The number of allylic oxidation sites excluding steroid dienone is 2. The minimum atomic E-state index is 0.0957. The van der Waals surface area contributed by atoms with Crippen molar-refractivity contribution >= 4 is 23.2 Å². The monoisotopic (exact) mass is 249 g/mol.